The molecule has 1 amide bonds. The number of nitriles is 1. The number of anilines is 2. The lowest BCUT2D eigenvalue weighted by Crippen LogP contribution is -2.25. The molecular weight excluding hydrogens is 272 g/mol. The Kier molecular flexibility index (Phi) is 3.30. The van der Waals surface area contributed by atoms with Crippen LogP contribution in [-0.4, -0.2) is 18.0 Å². The van der Waals surface area contributed by atoms with Gasteiger partial charge >= 0.3 is 0 Å². The van der Waals surface area contributed by atoms with E-state index in [2.05, 4.69) is 23.6 Å². The fraction of sp³-hybridized carbons (Fsp3) is 0.571. The van der Waals surface area contributed by atoms with Crippen LogP contribution in [0.15, 0.2) is 0 Å². The predicted molar refractivity (Wildman–Crippen MR) is 79.7 cm³/mol. The fourth-order valence-electron chi connectivity index (χ4n) is 2.35. The van der Waals surface area contributed by atoms with Crippen LogP contribution in [0.5, 0.6) is 0 Å². The van der Waals surface area contributed by atoms with Crippen LogP contribution in [-0.2, 0) is 0 Å². The normalized spacial score (nSPS) is 24.0. The monoisotopic (exact) mass is 290 g/mol. The SMILES string of the molecule is CCC1CC1Nc1sc(C(=O)NC2CC2)c(N)c1C#N. The quantitative estimate of drug-likeness (QED) is 0.776. The third-order valence-electron chi connectivity index (χ3n) is 3.94. The van der Waals surface area contributed by atoms with Crippen molar-refractivity contribution in [3.63, 3.8) is 0 Å². The molecule has 1 aromatic rings. The maximum Gasteiger partial charge on any atom is 0.263 e. The van der Waals surface area contributed by atoms with E-state index >= 15 is 0 Å². The Morgan fingerprint density at radius 2 is 2.30 bits per heavy atom. The van der Waals surface area contributed by atoms with Crippen molar-refractivity contribution in [2.24, 2.45) is 5.92 Å². The van der Waals surface area contributed by atoms with Gasteiger partial charge in [0.25, 0.3) is 5.91 Å². The van der Waals surface area contributed by atoms with Crippen molar-refractivity contribution in [2.75, 3.05) is 11.1 Å². The lowest BCUT2D eigenvalue weighted by atomic mass is 10.2. The smallest absolute Gasteiger partial charge is 0.263 e. The third kappa shape index (κ3) is 2.46. The molecular formula is C14H18N4OS. The second-order valence-corrected chi connectivity index (χ2v) is 6.58. The molecule has 0 spiro atoms. The van der Waals surface area contributed by atoms with Crippen molar-refractivity contribution in [1.82, 2.24) is 5.32 Å². The highest BCUT2D eigenvalue weighted by atomic mass is 32.1. The molecule has 1 aromatic heterocycles. The summed E-state index contributed by atoms with van der Waals surface area (Å²) in [5, 5.41) is 16.3. The molecule has 20 heavy (non-hydrogen) atoms. The molecule has 2 fully saturated rings. The molecule has 106 valence electrons. The van der Waals surface area contributed by atoms with Crippen molar-refractivity contribution in [2.45, 2.75) is 44.7 Å². The third-order valence-corrected chi connectivity index (χ3v) is 5.07. The standard InChI is InChI=1S/C14H18N4OS/c1-2-7-5-10(7)18-14-9(6-15)11(16)12(20-14)13(19)17-8-3-4-8/h7-8,10,18H,2-5,16H2,1H3,(H,17,19). The maximum atomic E-state index is 12.1. The number of carbonyl (C=O) groups excluding carboxylic acids is 1. The Balaban J connectivity index is 1.79. The van der Waals surface area contributed by atoms with Gasteiger partial charge in [0, 0.05) is 12.1 Å². The Morgan fingerprint density at radius 1 is 1.55 bits per heavy atom. The van der Waals surface area contributed by atoms with E-state index in [-0.39, 0.29) is 5.91 Å². The summed E-state index contributed by atoms with van der Waals surface area (Å²) in [5.41, 5.74) is 6.69. The van der Waals surface area contributed by atoms with Gasteiger partial charge in [-0.2, -0.15) is 5.26 Å². The lowest BCUT2D eigenvalue weighted by Gasteiger charge is -2.02. The van der Waals surface area contributed by atoms with Crippen LogP contribution in [0.4, 0.5) is 10.7 Å². The van der Waals surface area contributed by atoms with Crippen molar-refractivity contribution >= 4 is 27.9 Å². The van der Waals surface area contributed by atoms with Crippen molar-refractivity contribution in [1.29, 1.82) is 5.26 Å². The summed E-state index contributed by atoms with van der Waals surface area (Å²) in [6, 6.07) is 2.83. The fourth-order valence-corrected chi connectivity index (χ4v) is 3.38. The molecule has 0 aromatic carbocycles. The zero-order valence-electron chi connectivity index (χ0n) is 11.4. The van der Waals surface area contributed by atoms with Crippen LogP contribution in [0.25, 0.3) is 0 Å². The van der Waals surface area contributed by atoms with E-state index in [9.17, 15) is 10.1 Å². The summed E-state index contributed by atoms with van der Waals surface area (Å²) in [6.07, 6.45) is 4.33. The molecule has 2 unspecified atom stereocenters. The molecule has 6 heteroatoms. The summed E-state index contributed by atoms with van der Waals surface area (Å²) < 4.78 is 0. The van der Waals surface area contributed by atoms with Gasteiger partial charge in [0.05, 0.1) is 5.69 Å². The van der Waals surface area contributed by atoms with Crippen LogP contribution in [0.2, 0.25) is 0 Å². The molecule has 2 aliphatic carbocycles. The van der Waals surface area contributed by atoms with Crippen molar-refractivity contribution in [3.8, 4) is 6.07 Å². The molecule has 0 saturated heterocycles. The van der Waals surface area contributed by atoms with Gasteiger partial charge in [0.2, 0.25) is 0 Å². The number of thiophene rings is 1. The van der Waals surface area contributed by atoms with E-state index < -0.39 is 0 Å². The van der Waals surface area contributed by atoms with Gasteiger partial charge < -0.3 is 16.4 Å². The number of rotatable bonds is 5. The predicted octanol–water partition coefficient (Wildman–Crippen LogP) is 2.30. The van der Waals surface area contributed by atoms with Gasteiger partial charge in [-0.1, -0.05) is 13.3 Å². The minimum absolute atomic E-state index is 0.151. The van der Waals surface area contributed by atoms with Crippen LogP contribution in [0.1, 0.15) is 47.8 Å². The number of carbonyl (C=O) groups is 1. The highest BCUT2D eigenvalue weighted by Gasteiger charge is 2.37. The first-order valence-electron chi connectivity index (χ1n) is 7.03. The summed E-state index contributed by atoms with van der Waals surface area (Å²) in [4.78, 5) is 12.6. The van der Waals surface area contributed by atoms with Crippen LogP contribution >= 0.6 is 11.3 Å². The van der Waals surface area contributed by atoms with Gasteiger partial charge in [-0.05, 0) is 25.2 Å². The molecule has 0 bridgehead atoms. The van der Waals surface area contributed by atoms with Crippen molar-refractivity contribution < 1.29 is 4.79 Å². The number of nitrogen functional groups attached to an aromatic ring is 1. The Bertz CT molecular complexity index is 585. The van der Waals surface area contributed by atoms with Crippen LogP contribution in [0, 0.1) is 17.2 Å². The van der Waals surface area contributed by atoms with Gasteiger partial charge in [0.1, 0.15) is 21.5 Å². The van der Waals surface area contributed by atoms with E-state index in [0.717, 1.165) is 30.7 Å². The Labute approximate surface area is 122 Å². The van der Waals surface area contributed by atoms with E-state index in [0.29, 0.717) is 34.1 Å². The first-order chi connectivity index (χ1) is 9.63. The summed E-state index contributed by atoms with van der Waals surface area (Å²) >= 11 is 1.30. The minimum atomic E-state index is -0.151. The van der Waals surface area contributed by atoms with Crippen molar-refractivity contribution in [3.05, 3.63) is 10.4 Å². The van der Waals surface area contributed by atoms with E-state index in [4.69, 9.17) is 5.73 Å². The molecule has 3 rings (SSSR count). The first kappa shape index (κ1) is 13.3. The highest BCUT2D eigenvalue weighted by Crippen LogP contribution is 2.41. The highest BCUT2D eigenvalue weighted by molar-refractivity contribution is 7.19. The number of hydrogen-bond acceptors (Lipinski definition) is 5. The van der Waals surface area contributed by atoms with Gasteiger partial charge in [-0.15, -0.1) is 11.3 Å². The second-order valence-electron chi connectivity index (χ2n) is 5.56. The number of amides is 1. The average Bonchev–Trinajstić information content (AvgIpc) is 3.32. The molecule has 2 saturated carbocycles. The summed E-state index contributed by atoms with van der Waals surface area (Å²) in [5.74, 6) is 0.524. The van der Waals surface area contributed by atoms with Crippen LogP contribution in [0.3, 0.4) is 0 Å². The van der Waals surface area contributed by atoms with Gasteiger partial charge in [-0.3, -0.25) is 4.79 Å². The molecule has 5 nitrogen and oxygen atoms in total. The first-order valence-corrected chi connectivity index (χ1v) is 7.85. The maximum absolute atomic E-state index is 12.1. The summed E-state index contributed by atoms with van der Waals surface area (Å²) in [6.45, 7) is 2.16. The van der Waals surface area contributed by atoms with Gasteiger partial charge in [-0.25, -0.2) is 0 Å². The molecule has 2 aliphatic rings. The average molecular weight is 290 g/mol. The topological polar surface area (TPSA) is 90.9 Å². The number of nitrogens with zero attached hydrogens (tertiary/aromatic N) is 1. The zero-order valence-corrected chi connectivity index (χ0v) is 12.2. The molecule has 1 heterocycles. The number of nitrogens with one attached hydrogen (secondary N) is 2. The number of nitrogens with two attached hydrogens (primary N) is 1. The van der Waals surface area contributed by atoms with Crippen LogP contribution < -0.4 is 16.4 Å². The Hall–Kier alpha value is -1.74. The molecule has 0 aliphatic heterocycles. The largest absolute Gasteiger partial charge is 0.396 e. The lowest BCUT2D eigenvalue weighted by molar-refractivity contribution is 0.0956. The summed E-state index contributed by atoms with van der Waals surface area (Å²) in [7, 11) is 0. The van der Waals surface area contributed by atoms with E-state index in [1.54, 1.807) is 0 Å². The Morgan fingerprint density at radius 3 is 2.85 bits per heavy atom. The zero-order chi connectivity index (χ0) is 14.3. The van der Waals surface area contributed by atoms with Gasteiger partial charge in [0.15, 0.2) is 0 Å². The number of hydrogen-bond donors (Lipinski definition) is 3. The molecule has 2 atom stereocenters. The van der Waals surface area contributed by atoms with E-state index in [1.165, 1.54) is 11.3 Å². The minimum Gasteiger partial charge on any atom is -0.396 e. The molecule has 0 radical (unpaired) electrons. The molecule has 4 N–H and O–H groups in total. The van der Waals surface area contributed by atoms with E-state index in [1.807, 2.05) is 0 Å². The second kappa shape index (κ2) is 4.98.